The van der Waals surface area contributed by atoms with Crippen LogP contribution in [0.25, 0.3) is 0 Å². The molecule has 0 spiro atoms. The van der Waals surface area contributed by atoms with Crippen LogP contribution in [0, 0.1) is 4.84 Å². The molecule has 110 valence electrons. The predicted octanol–water partition coefficient (Wildman–Crippen LogP) is 3.70. The topological polar surface area (TPSA) is 63.4 Å². The van der Waals surface area contributed by atoms with Gasteiger partial charge in [-0.05, 0) is 12.2 Å². The van der Waals surface area contributed by atoms with Crippen molar-refractivity contribution in [1.29, 1.82) is 0 Å². The molecule has 0 aliphatic carbocycles. The summed E-state index contributed by atoms with van der Waals surface area (Å²) < 4.78 is 5.13. The third kappa shape index (κ3) is 3.48. The van der Waals surface area contributed by atoms with Crippen molar-refractivity contribution in [3.05, 3.63) is 82.5 Å². The third-order valence-corrected chi connectivity index (χ3v) is 3.10. The molecule has 22 heavy (non-hydrogen) atoms. The fraction of sp³-hybridized carbons (Fsp3) is 0.0625. The van der Waals surface area contributed by atoms with Crippen LogP contribution < -0.4 is 0 Å². The Labute approximate surface area is 132 Å². The number of hydrogen-bond acceptors (Lipinski definition) is 5. The number of aromatic amines is 1. The van der Waals surface area contributed by atoms with Gasteiger partial charge in [0, 0.05) is 11.1 Å². The fourth-order valence-corrected chi connectivity index (χ4v) is 2.08. The highest BCUT2D eigenvalue weighted by Gasteiger charge is 2.08. The molecule has 0 fully saturated rings. The van der Waals surface area contributed by atoms with Gasteiger partial charge in [-0.2, -0.15) is 0 Å². The summed E-state index contributed by atoms with van der Waals surface area (Å²) in [4.78, 5) is 5.59. The molecule has 0 saturated carbocycles. The molecule has 2 aromatic carbocycles. The van der Waals surface area contributed by atoms with Gasteiger partial charge in [0.2, 0.25) is 0 Å². The number of rotatable bonds is 5. The van der Waals surface area contributed by atoms with E-state index in [1.807, 2.05) is 60.7 Å². The Morgan fingerprint density at radius 2 is 1.64 bits per heavy atom. The summed E-state index contributed by atoms with van der Waals surface area (Å²) in [6.45, 7) is 0.107. The van der Waals surface area contributed by atoms with Gasteiger partial charge in [0.25, 0.3) is 10.7 Å². The van der Waals surface area contributed by atoms with E-state index in [1.54, 1.807) is 0 Å². The van der Waals surface area contributed by atoms with Crippen molar-refractivity contribution < 1.29 is 9.25 Å². The average molecular weight is 311 g/mol. The van der Waals surface area contributed by atoms with Crippen LogP contribution in [0.5, 0.6) is 0 Å². The van der Waals surface area contributed by atoms with E-state index in [2.05, 4.69) is 15.4 Å². The standard InChI is InChI=1S/C16H13N3O2S/c22-16-18-17-14(21-16)11-20-19-15(12-7-3-1-4-8-12)13-9-5-2-6-10-13/h1-10H,11H2,(H,18,22). The lowest BCUT2D eigenvalue weighted by Gasteiger charge is -2.06. The van der Waals surface area contributed by atoms with Crippen LogP contribution in [0.3, 0.4) is 0 Å². The van der Waals surface area contributed by atoms with Gasteiger partial charge in [-0.15, -0.1) is 5.10 Å². The molecule has 0 bridgehead atoms. The Morgan fingerprint density at radius 3 is 2.14 bits per heavy atom. The molecule has 6 heteroatoms. The maximum Gasteiger partial charge on any atom is 0.284 e. The van der Waals surface area contributed by atoms with Gasteiger partial charge in [0.05, 0.1) is 0 Å². The van der Waals surface area contributed by atoms with E-state index in [0.717, 1.165) is 16.8 Å². The van der Waals surface area contributed by atoms with Crippen LogP contribution in [0.15, 0.2) is 70.2 Å². The van der Waals surface area contributed by atoms with Crippen LogP contribution in [-0.2, 0) is 11.4 Å². The number of nitrogens with zero attached hydrogens (tertiary/aromatic N) is 2. The van der Waals surface area contributed by atoms with E-state index in [1.165, 1.54) is 0 Å². The first-order valence-corrected chi connectivity index (χ1v) is 7.09. The fourth-order valence-electron chi connectivity index (χ4n) is 1.94. The van der Waals surface area contributed by atoms with Crippen LogP contribution in [0.1, 0.15) is 17.0 Å². The molecule has 0 radical (unpaired) electrons. The summed E-state index contributed by atoms with van der Waals surface area (Å²) in [5, 5.41) is 10.6. The summed E-state index contributed by atoms with van der Waals surface area (Å²) in [6.07, 6.45) is 0. The van der Waals surface area contributed by atoms with Crippen LogP contribution in [0.2, 0.25) is 0 Å². The van der Waals surface area contributed by atoms with Crippen molar-refractivity contribution in [1.82, 2.24) is 10.2 Å². The minimum absolute atomic E-state index is 0.107. The van der Waals surface area contributed by atoms with Crippen LogP contribution >= 0.6 is 12.2 Å². The quantitative estimate of drug-likeness (QED) is 0.443. The molecule has 1 aromatic heterocycles. The molecule has 0 aliphatic rings. The Hall–Kier alpha value is -2.73. The Balaban J connectivity index is 1.85. The Kier molecular flexibility index (Phi) is 4.41. The number of hydrogen-bond donors (Lipinski definition) is 1. The Bertz CT molecular complexity index is 768. The van der Waals surface area contributed by atoms with E-state index < -0.39 is 0 Å². The third-order valence-electron chi connectivity index (χ3n) is 2.92. The molecule has 3 aromatic rings. The van der Waals surface area contributed by atoms with Crippen molar-refractivity contribution in [2.45, 2.75) is 6.61 Å². The second-order valence-corrected chi connectivity index (χ2v) is 4.82. The first kappa shape index (κ1) is 14.2. The monoisotopic (exact) mass is 311 g/mol. The lowest BCUT2D eigenvalue weighted by molar-refractivity contribution is 0.110. The number of benzene rings is 2. The molecular weight excluding hydrogens is 298 g/mol. The summed E-state index contributed by atoms with van der Waals surface area (Å²) >= 11 is 4.81. The van der Waals surface area contributed by atoms with Crippen molar-refractivity contribution in [3.8, 4) is 0 Å². The Morgan fingerprint density at radius 1 is 1.05 bits per heavy atom. The van der Waals surface area contributed by atoms with Crippen LogP contribution in [0.4, 0.5) is 0 Å². The zero-order chi connectivity index (χ0) is 15.2. The average Bonchev–Trinajstić information content (AvgIpc) is 2.99. The zero-order valence-electron chi connectivity index (χ0n) is 11.6. The van der Waals surface area contributed by atoms with E-state index in [0.29, 0.717) is 5.89 Å². The molecule has 0 amide bonds. The van der Waals surface area contributed by atoms with Gasteiger partial charge in [0.15, 0.2) is 6.61 Å². The van der Waals surface area contributed by atoms with Gasteiger partial charge in [-0.25, -0.2) is 5.10 Å². The van der Waals surface area contributed by atoms with Crippen LogP contribution in [-0.4, -0.2) is 15.9 Å². The lowest BCUT2D eigenvalue weighted by Crippen LogP contribution is -2.04. The van der Waals surface area contributed by atoms with Gasteiger partial charge < -0.3 is 9.25 Å². The van der Waals surface area contributed by atoms with Crippen molar-refractivity contribution in [2.24, 2.45) is 5.16 Å². The molecule has 5 nitrogen and oxygen atoms in total. The normalized spacial score (nSPS) is 10.2. The van der Waals surface area contributed by atoms with Gasteiger partial charge in [0.1, 0.15) is 5.71 Å². The summed E-state index contributed by atoms with van der Waals surface area (Å²) in [7, 11) is 0. The highest BCUT2D eigenvalue weighted by atomic mass is 32.1. The summed E-state index contributed by atoms with van der Waals surface area (Å²) in [5.41, 5.74) is 2.68. The molecule has 1 N–H and O–H groups in total. The summed E-state index contributed by atoms with van der Waals surface area (Å²) in [6, 6.07) is 19.7. The second kappa shape index (κ2) is 6.82. The molecule has 3 rings (SSSR count). The predicted molar refractivity (Wildman–Crippen MR) is 85.0 cm³/mol. The number of oxime groups is 1. The van der Waals surface area contributed by atoms with Gasteiger partial charge >= 0.3 is 0 Å². The smallest absolute Gasteiger partial charge is 0.284 e. The van der Waals surface area contributed by atoms with E-state index in [-0.39, 0.29) is 11.4 Å². The molecule has 0 atom stereocenters. The SMILES string of the molecule is S=c1[nH]nc(CON=C(c2ccccc2)c2ccccc2)o1. The van der Waals surface area contributed by atoms with E-state index in [9.17, 15) is 0 Å². The highest BCUT2D eigenvalue weighted by Crippen LogP contribution is 2.11. The molecular formula is C16H13N3O2S. The lowest BCUT2D eigenvalue weighted by atomic mass is 10.0. The first-order chi connectivity index (χ1) is 10.8. The molecule has 0 saturated heterocycles. The summed E-state index contributed by atoms with van der Waals surface area (Å²) in [5.74, 6) is 0.356. The number of nitrogens with one attached hydrogen (secondary N) is 1. The molecule has 1 heterocycles. The minimum atomic E-state index is 0.107. The largest absolute Gasteiger partial charge is 0.410 e. The van der Waals surface area contributed by atoms with E-state index in [4.69, 9.17) is 21.5 Å². The van der Waals surface area contributed by atoms with Crippen molar-refractivity contribution >= 4 is 17.9 Å². The minimum Gasteiger partial charge on any atom is -0.410 e. The van der Waals surface area contributed by atoms with Crippen molar-refractivity contribution in [3.63, 3.8) is 0 Å². The zero-order valence-corrected chi connectivity index (χ0v) is 12.4. The van der Waals surface area contributed by atoms with E-state index >= 15 is 0 Å². The highest BCUT2D eigenvalue weighted by molar-refractivity contribution is 7.71. The first-order valence-electron chi connectivity index (χ1n) is 6.68. The number of aromatic nitrogens is 2. The van der Waals surface area contributed by atoms with Gasteiger partial charge in [-0.1, -0.05) is 65.8 Å². The maximum absolute atomic E-state index is 5.37. The second-order valence-electron chi connectivity index (χ2n) is 4.45. The molecule has 0 aliphatic heterocycles. The van der Waals surface area contributed by atoms with Crippen molar-refractivity contribution in [2.75, 3.05) is 0 Å². The maximum atomic E-state index is 5.37. The molecule has 0 unspecified atom stereocenters. The number of H-pyrrole nitrogens is 1. The van der Waals surface area contributed by atoms with Gasteiger partial charge in [-0.3, -0.25) is 0 Å².